The maximum absolute atomic E-state index is 8.87. The standard InChI is InChI=1S/C10H16N2O2/c1-7-2-3-10(9(11)4-7)12-8(5-13)6-14/h2-4,8,12-14H,5-6,11H2,1H3. The summed E-state index contributed by atoms with van der Waals surface area (Å²) in [5.74, 6) is 0. The molecule has 0 unspecified atom stereocenters. The van der Waals surface area contributed by atoms with Crippen molar-refractivity contribution in [1.82, 2.24) is 0 Å². The molecule has 0 aliphatic heterocycles. The van der Waals surface area contributed by atoms with Crippen molar-refractivity contribution < 1.29 is 10.2 Å². The second-order valence-electron chi connectivity index (χ2n) is 3.30. The van der Waals surface area contributed by atoms with E-state index in [1.165, 1.54) is 0 Å². The van der Waals surface area contributed by atoms with E-state index in [1.807, 2.05) is 25.1 Å². The zero-order valence-electron chi connectivity index (χ0n) is 8.20. The Balaban J connectivity index is 2.76. The Kier molecular flexibility index (Phi) is 3.73. The molecule has 0 heterocycles. The van der Waals surface area contributed by atoms with Gasteiger partial charge in [-0.2, -0.15) is 0 Å². The summed E-state index contributed by atoms with van der Waals surface area (Å²) in [6.45, 7) is 1.71. The second kappa shape index (κ2) is 4.83. The first-order valence-corrected chi connectivity index (χ1v) is 4.51. The third-order valence-corrected chi connectivity index (χ3v) is 2.01. The zero-order valence-corrected chi connectivity index (χ0v) is 8.20. The number of nitrogens with two attached hydrogens (primary N) is 1. The Labute approximate surface area is 83.4 Å². The number of aliphatic hydroxyl groups is 2. The van der Waals surface area contributed by atoms with Crippen molar-refractivity contribution in [2.75, 3.05) is 24.3 Å². The van der Waals surface area contributed by atoms with E-state index in [2.05, 4.69) is 5.32 Å². The van der Waals surface area contributed by atoms with Gasteiger partial charge in [0.25, 0.3) is 0 Å². The zero-order chi connectivity index (χ0) is 10.6. The van der Waals surface area contributed by atoms with Gasteiger partial charge in [-0.05, 0) is 24.6 Å². The average Bonchev–Trinajstić information content (AvgIpc) is 2.17. The third kappa shape index (κ3) is 2.61. The first-order chi connectivity index (χ1) is 6.67. The van der Waals surface area contributed by atoms with Crippen molar-refractivity contribution in [2.24, 2.45) is 0 Å². The fourth-order valence-electron chi connectivity index (χ4n) is 1.18. The number of rotatable bonds is 4. The van der Waals surface area contributed by atoms with E-state index in [4.69, 9.17) is 15.9 Å². The molecule has 78 valence electrons. The molecule has 0 saturated heterocycles. The summed E-state index contributed by atoms with van der Waals surface area (Å²) < 4.78 is 0. The van der Waals surface area contributed by atoms with Gasteiger partial charge in [-0.25, -0.2) is 0 Å². The SMILES string of the molecule is Cc1ccc(NC(CO)CO)c(N)c1. The molecule has 5 N–H and O–H groups in total. The van der Waals surface area contributed by atoms with Crippen LogP contribution in [0.3, 0.4) is 0 Å². The van der Waals surface area contributed by atoms with E-state index in [0.29, 0.717) is 5.69 Å². The predicted molar refractivity (Wildman–Crippen MR) is 57.2 cm³/mol. The van der Waals surface area contributed by atoms with Crippen LogP contribution < -0.4 is 11.1 Å². The molecule has 0 spiro atoms. The molecule has 1 rings (SSSR count). The molecule has 1 aromatic carbocycles. The number of aryl methyl sites for hydroxylation is 1. The number of nitrogens with one attached hydrogen (secondary N) is 1. The van der Waals surface area contributed by atoms with Crippen LogP contribution in [0, 0.1) is 6.92 Å². The van der Waals surface area contributed by atoms with Crippen LogP contribution >= 0.6 is 0 Å². The quantitative estimate of drug-likeness (QED) is 0.524. The highest BCUT2D eigenvalue weighted by Crippen LogP contribution is 2.19. The molecule has 0 aliphatic carbocycles. The highest BCUT2D eigenvalue weighted by atomic mass is 16.3. The van der Waals surface area contributed by atoms with Gasteiger partial charge in [0, 0.05) is 0 Å². The number of anilines is 2. The fraction of sp³-hybridized carbons (Fsp3) is 0.400. The van der Waals surface area contributed by atoms with Crippen molar-refractivity contribution >= 4 is 11.4 Å². The van der Waals surface area contributed by atoms with Gasteiger partial charge in [0.15, 0.2) is 0 Å². The number of hydrogen-bond acceptors (Lipinski definition) is 4. The van der Waals surface area contributed by atoms with E-state index in [1.54, 1.807) is 0 Å². The summed E-state index contributed by atoms with van der Waals surface area (Å²) in [5, 5.41) is 20.7. The smallest absolute Gasteiger partial charge is 0.0723 e. The lowest BCUT2D eigenvalue weighted by Crippen LogP contribution is -2.28. The van der Waals surface area contributed by atoms with Crippen LogP contribution in [0.4, 0.5) is 11.4 Å². The van der Waals surface area contributed by atoms with Gasteiger partial charge in [0.1, 0.15) is 0 Å². The van der Waals surface area contributed by atoms with Crippen LogP contribution in [0.2, 0.25) is 0 Å². The topological polar surface area (TPSA) is 78.5 Å². The predicted octanol–water partition coefficient (Wildman–Crippen LogP) is 0.342. The maximum atomic E-state index is 8.87. The van der Waals surface area contributed by atoms with Gasteiger partial charge in [-0.3, -0.25) is 0 Å². The summed E-state index contributed by atoms with van der Waals surface area (Å²) in [5.41, 5.74) is 8.20. The van der Waals surface area contributed by atoms with Crippen LogP contribution in [0.1, 0.15) is 5.56 Å². The minimum Gasteiger partial charge on any atom is -0.397 e. The number of benzene rings is 1. The van der Waals surface area contributed by atoms with Crippen LogP contribution in [0.15, 0.2) is 18.2 Å². The molecule has 0 bridgehead atoms. The Morgan fingerprint density at radius 1 is 1.36 bits per heavy atom. The number of nitrogen functional groups attached to an aromatic ring is 1. The largest absolute Gasteiger partial charge is 0.397 e. The average molecular weight is 196 g/mol. The molecule has 0 saturated carbocycles. The van der Waals surface area contributed by atoms with Crippen molar-refractivity contribution in [3.63, 3.8) is 0 Å². The van der Waals surface area contributed by atoms with Crippen molar-refractivity contribution in [3.8, 4) is 0 Å². The van der Waals surface area contributed by atoms with Gasteiger partial charge in [-0.15, -0.1) is 0 Å². The molecule has 0 aromatic heterocycles. The number of aliphatic hydroxyl groups excluding tert-OH is 2. The van der Waals surface area contributed by atoms with Crippen molar-refractivity contribution in [3.05, 3.63) is 23.8 Å². The summed E-state index contributed by atoms with van der Waals surface area (Å²) >= 11 is 0. The Bertz CT molecular complexity index is 298. The van der Waals surface area contributed by atoms with Gasteiger partial charge in [0.2, 0.25) is 0 Å². The summed E-state index contributed by atoms with van der Waals surface area (Å²) in [4.78, 5) is 0. The molecule has 1 aromatic rings. The van der Waals surface area contributed by atoms with E-state index >= 15 is 0 Å². The van der Waals surface area contributed by atoms with Gasteiger partial charge in [0.05, 0.1) is 30.6 Å². The first kappa shape index (κ1) is 10.8. The molecule has 0 radical (unpaired) electrons. The molecule has 14 heavy (non-hydrogen) atoms. The van der Waals surface area contributed by atoms with E-state index < -0.39 is 0 Å². The maximum Gasteiger partial charge on any atom is 0.0723 e. The summed E-state index contributed by atoms with van der Waals surface area (Å²) in [7, 11) is 0. The van der Waals surface area contributed by atoms with Gasteiger partial charge >= 0.3 is 0 Å². The molecule has 0 amide bonds. The first-order valence-electron chi connectivity index (χ1n) is 4.51. The van der Waals surface area contributed by atoms with Crippen molar-refractivity contribution in [2.45, 2.75) is 13.0 Å². The van der Waals surface area contributed by atoms with E-state index in [-0.39, 0.29) is 19.3 Å². The monoisotopic (exact) mass is 196 g/mol. The highest BCUT2D eigenvalue weighted by Gasteiger charge is 2.06. The Morgan fingerprint density at radius 2 is 2.00 bits per heavy atom. The fourth-order valence-corrected chi connectivity index (χ4v) is 1.18. The Hall–Kier alpha value is -1.26. The molecule has 0 atom stereocenters. The third-order valence-electron chi connectivity index (χ3n) is 2.01. The normalized spacial score (nSPS) is 10.6. The minimum absolute atomic E-state index is 0.121. The van der Waals surface area contributed by atoms with Crippen LogP contribution in [-0.2, 0) is 0 Å². The number of hydrogen-bond donors (Lipinski definition) is 4. The van der Waals surface area contributed by atoms with Crippen molar-refractivity contribution in [1.29, 1.82) is 0 Å². The lowest BCUT2D eigenvalue weighted by Gasteiger charge is -2.16. The molecule has 0 fully saturated rings. The van der Waals surface area contributed by atoms with E-state index in [9.17, 15) is 0 Å². The van der Waals surface area contributed by atoms with Crippen LogP contribution in [0.5, 0.6) is 0 Å². The molecule has 0 aliphatic rings. The molecular weight excluding hydrogens is 180 g/mol. The molecule has 4 heteroatoms. The van der Waals surface area contributed by atoms with Crippen LogP contribution in [-0.4, -0.2) is 29.5 Å². The summed E-state index contributed by atoms with van der Waals surface area (Å²) in [6, 6.07) is 5.24. The molecular formula is C10H16N2O2. The van der Waals surface area contributed by atoms with Gasteiger partial charge in [-0.1, -0.05) is 6.07 Å². The summed E-state index contributed by atoms with van der Waals surface area (Å²) in [6.07, 6.45) is 0. The minimum atomic E-state index is -0.361. The Morgan fingerprint density at radius 3 is 2.50 bits per heavy atom. The second-order valence-corrected chi connectivity index (χ2v) is 3.30. The van der Waals surface area contributed by atoms with E-state index in [0.717, 1.165) is 11.3 Å². The lowest BCUT2D eigenvalue weighted by atomic mass is 10.2. The van der Waals surface area contributed by atoms with Gasteiger partial charge < -0.3 is 21.3 Å². The highest BCUT2D eigenvalue weighted by molar-refractivity contribution is 5.67. The molecule has 4 nitrogen and oxygen atoms in total. The lowest BCUT2D eigenvalue weighted by molar-refractivity contribution is 0.204. The van der Waals surface area contributed by atoms with Crippen LogP contribution in [0.25, 0.3) is 0 Å².